The van der Waals surface area contributed by atoms with Gasteiger partial charge in [-0.15, -0.1) is 0 Å². The molecule has 0 aromatic carbocycles. The van der Waals surface area contributed by atoms with E-state index >= 15 is 0 Å². The molecule has 25 heavy (non-hydrogen) atoms. The summed E-state index contributed by atoms with van der Waals surface area (Å²) in [6.07, 6.45) is -7.01. The summed E-state index contributed by atoms with van der Waals surface area (Å²) in [5, 5.41) is 50.6. The Labute approximate surface area is 147 Å². The topological polar surface area (TPSA) is 138 Å². The number of hydrogen-bond acceptors (Lipinski definition) is 9. The zero-order valence-corrected chi connectivity index (χ0v) is 14.8. The van der Waals surface area contributed by atoms with E-state index in [1.807, 2.05) is 0 Å². The van der Waals surface area contributed by atoms with Gasteiger partial charge in [0, 0.05) is 20.1 Å². The second-order valence-corrected chi connectivity index (χ2v) is 6.77. The molecule has 0 aromatic heterocycles. The maximum absolute atomic E-state index is 10.5. The van der Waals surface area contributed by atoms with Crippen LogP contribution in [0.4, 0.5) is 0 Å². The van der Waals surface area contributed by atoms with Crippen molar-refractivity contribution in [2.24, 2.45) is 5.92 Å². The first kappa shape index (κ1) is 20.9. The number of rotatable bonds is 10. The molecule has 9 nitrogen and oxygen atoms in total. The molecule has 148 valence electrons. The fourth-order valence-electron chi connectivity index (χ4n) is 3.41. The highest BCUT2D eigenvalue weighted by Crippen LogP contribution is 2.54. The molecule has 5 N–H and O–H groups in total. The van der Waals surface area contributed by atoms with E-state index in [4.69, 9.17) is 18.9 Å². The van der Waals surface area contributed by atoms with Crippen LogP contribution < -0.4 is 0 Å². The molecule has 1 aliphatic carbocycles. The lowest BCUT2D eigenvalue weighted by Crippen LogP contribution is -2.57. The molecule has 1 saturated carbocycles. The molecule has 0 aromatic rings. The SMILES string of the molecule is CCC(O)C(O)C(OC1OC(COC)C2CC2(O)C1O)C(CO)OC. The second-order valence-electron chi connectivity index (χ2n) is 6.77. The van der Waals surface area contributed by atoms with Crippen molar-refractivity contribution in [1.29, 1.82) is 0 Å². The number of ether oxygens (including phenoxy) is 4. The van der Waals surface area contributed by atoms with Crippen LogP contribution >= 0.6 is 0 Å². The third-order valence-electron chi connectivity index (χ3n) is 5.18. The Hall–Kier alpha value is -0.360. The Bertz CT molecular complexity index is 418. The van der Waals surface area contributed by atoms with Crippen LogP contribution in [0.15, 0.2) is 0 Å². The molecule has 2 fully saturated rings. The molecule has 1 saturated heterocycles. The van der Waals surface area contributed by atoms with E-state index in [0.717, 1.165) is 0 Å². The standard InChI is InChI=1S/C16H30O9/c1-4-9(18)12(19)13(10(6-17)23-3)25-15-14(20)16(21)5-8(16)11(24-15)7-22-2/h8-15,17-21H,4-7H2,1-3H3. The number of fused-ring (bicyclic) bond motifs is 1. The van der Waals surface area contributed by atoms with Crippen LogP contribution in [0.5, 0.6) is 0 Å². The summed E-state index contributed by atoms with van der Waals surface area (Å²) in [7, 11) is 2.83. The summed E-state index contributed by atoms with van der Waals surface area (Å²) < 4.78 is 21.6. The minimum absolute atomic E-state index is 0.220. The molecular weight excluding hydrogens is 336 g/mol. The smallest absolute Gasteiger partial charge is 0.187 e. The first-order valence-corrected chi connectivity index (χ1v) is 8.54. The predicted molar refractivity (Wildman–Crippen MR) is 84.7 cm³/mol. The van der Waals surface area contributed by atoms with Gasteiger partial charge in [-0.2, -0.15) is 0 Å². The fourth-order valence-corrected chi connectivity index (χ4v) is 3.41. The van der Waals surface area contributed by atoms with Crippen LogP contribution in [-0.4, -0.2) is 101 Å². The van der Waals surface area contributed by atoms with Crippen molar-refractivity contribution in [2.45, 2.75) is 68.3 Å². The first-order chi connectivity index (χ1) is 11.8. The van der Waals surface area contributed by atoms with Crippen molar-refractivity contribution < 1.29 is 44.5 Å². The van der Waals surface area contributed by atoms with Crippen LogP contribution in [0, 0.1) is 5.92 Å². The quantitative estimate of drug-likeness (QED) is 0.297. The third-order valence-corrected chi connectivity index (χ3v) is 5.18. The zero-order valence-electron chi connectivity index (χ0n) is 14.8. The van der Waals surface area contributed by atoms with Crippen molar-refractivity contribution in [1.82, 2.24) is 0 Å². The molecule has 9 atom stereocenters. The van der Waals surface area contributed by atoms with Crippen molar-refractivity contribution in [2.75, 3.05) is 27.4 Å². The Balaban J connectivity index is 2.15. The Morgan fingerprint density at radius 3 is 2.48 bits per heavy atom. The highest BCUT2D eigenvalue weighted by atomic mass is 16.7. The van der Waals surface area contributed by atoms with Gasteiger partial charge in [-0.3, -0.25) is 0 Å². The van der Waals surface area contributed by atoms with Gasteiger partial charge in [0.25, 0.3) is 0 Å². The number of aliphatic hydroxyl groups is 5. The second kappa shape index (κ2) is 8.55. The molecule has 0 radical (unpaired) electrons. The number of hydrogen-bond donors (Lipinski definition) is 5. The average molecular weight is 366 g/mol. The minimum Gasteiger partial charge on any atom is -0.394 e. The molecular formula is C16H30O9. The van der Waals surface area contributed by atoms with E-state index in [-0.39, 0.29) is 18.9 Å². The van der Waals surface area contributed by atoms with Crippen LogP contribution in [0.25, 0.3) is 0 Å². The van der Waals surface area contributed by atoms with Gasteiger partial charge in [-0.25, -0.2) is 0 Å². The summed E-state index contributed by atoms with van der Waals surface area (Å²) in [6.45, 7) is 1.44. The summed E-state index contributed by atoms with van der Waals surface area (Å²) in [5.74, 6) is -0.247. The maximum atomic E-state index is 10.5. The van der Waals surface area contributed by atoms with E-state index in [2.05, 4.69) is 0 Å². The molecule has 9 unspecified atom stereocenters. The third kappa shape index (κ3) is 4.15. The maximum Gasteiger partial charge on any atom is 0.187 e. The van der Waals surface area contributed by atoms with Gasteiger partial charge in [0.05, 0.1) is 25.4 Å². The van der Waals surface area contributed by atoms with Gasteiger partial charge >= 0.3 is 0 Å². The molecule has 2 rings (SSSR count). The Morgan fingerprint density at radius 1 is 1.28 bits per heavy atom. The van der Waals surface area contributed by atoms with E-state index < -0.39 is 55.1 Å². The number of aliphatic hydroxyl groups excluding tert-OH is 4. The minimum atomic E-state index is -1.37. The molecule has 2 aliphatic rings. The predicted octanol–water partition coefficient (Wildman–Crippen LogP) is -2.01. The summed E-state index contributed by atoms with van der Waals surface area (Å²) in [6, 6.07) is 0. The molecule has 0 amide bonds. The van der Waals surface area contributed by atoms with E-state index in [1.54, 1.807) is 6.92 Å². The summed E-state index contributed by atoms with van der Waals surface area (Å²) >= 11 is 0. The van der Waals surface area contributed by atoms with Crippen molar-refractivity contribution in [3.05, 3.63) is 0 Å². The molecule has 1 aliphatic heterocycles. The van der Waals surface area contributed by atoms with Crippen molar-refractivity contribution in [3.63, 3.8) is 0 Å². The monoisotopic (exact) mass is 366 g/mol. The largest absolute Gasteiger partial charge is 0.394 e. The van der Waals surface area contributed by atoms with Crippen LogP contribution in [0.2, 0.25) is 0 Å². The van der Waals surface area contributed by atoms with E-state index in [9.17, 15) is 25.5 Å². The highest BCUT2D eigenvalue weighted by Gasteiger charge is 2.67. The van der Waals surface area contributed by atoms with Gasteiger partial charge < -0.3 is 44.5 Å². The molecule has 0 bridgehead atoms. The lowest BCUT2D eigenvalue weighted by atomic mass is 9.99. The van der Waals surface area contributed by atoms with Gasteiger partial charge in [-0.05, 0) is 12.8 Å². The summed E-state index contributed by atoms with van der Waals surface area (Å²) in [4.78, 5) is 0. The van der Waals surface area contributed by atoms with Gasteiger partial charge in [0.1, 0.15) is 30.0 Å². The highest BCUT2D eigenvalue weighted by molar-refractivity contribution is 5.15. The molecule has 1 heterocycles. The molecule has 9 heteroatoms. The van der Waals surface area contributed by atoms with Gasteiger partial charge in [0.2, 0.25) is 0 Å². The lowest BCUT2D eigenvalue weighted by molar-refractivity contribution is -0.310. The summed E-state index contributed by atoms with van der Waals surface area (Å²) in [5.41, 5.74) is -1.33. The normalized spacial score (nSPS) is 39.4. The van der Waals surface area contributed by atoms with Crippen LogP contribution in [0.3, 0.4) is 0 Å². The Kier molecular flexibility index (Phi) is 7.17. The van der Waals surface area contributed by atoms with Gasteiger partial charge in [-0.1, -0.05) is 6.92 Å². The van der Waals surface area contributed by atoms with E-state index in [1.165, 1.54) is 14.2 Å². The van der Waals surface area contributed by atoms with Crippen molar-refractivity contribution >= 4 is 0 Å². The Morgan fingerprint density at radius 2 is 1.96 bits per heavy atom. The average Bonchev–Trinajstić information content (AvgIpc) is 3.31. The molecule has 0 spiro atoms. The van der Waals surface area contributed by atoms with Crippen LogP contribution in [0.1, 0.15) is 19.8 Å². The van der Waals surface area contributed by atoms with Gasteiger partial charge in [0.15, 0.2) is 6.29 Å². The lowest BCUT2D eigenvalue weighted by Gasteiger charge is -2.40. The number of methoxy groups -OCH3 is 2. The zero-order chi connectivity index (χ0) is 18.8. The fraction of sp³-hybridized carbons (Fsp3) is 1.00. The van der Waals surface area contributed by atoms with E-state index in [0.29, 0.717) is 6.42 Å². The van der Waals surface area contributed by atoms with Crippen LogP contribution in [-0.2, 0) is 18.9 Å². The first-order valence-electron chi connectivity index (χ1n) is 8.54. The van der Waals surface area contributed by atoms with Crippen molar-refractivity contribution in [3.8, 4) is 0 Å².